The Morgan fingerprint density at radius 2 is 1.84 bits per heavy atom. The number of nitrogens with zero attached hydrogens (tertiary/aromatic N) is 1. The van der Waals surface area contributed by atoms with Gasteiger partial charge in [0.2, 0.25) is 0 Å². The second-order valence-corrected chi connectivity index (χ2v) is 6.29. The van der Waals surface area contributed by atoms with Gasteiger partial charge in [-0.3, -0.25) is 4.79 Å². The summed E-state index contributed by atoms with van der Waals surface area (Å²) in [5.74, 6) is 0.328. The molecule has 0 aliphatic rings. The fourth-order valence-electron chi connectivity index (χ4n) is 2.38. The van der Waals surface area contributed by atoms with Crippen LogP contribution in [0.2, 0.25) is 10.0 Å². The van der Waals surface area contributed by atoms with Gasteiger partial charge >= 0.3 is 0 Å². The van der Waals surface area contributed by atoms with Gasteiger partial charge in [0.1, 0.15) is 12.4 Å². The molecule has 0 aliphatic carbocycles. The lowest BCUT2D eigenvalue weighted by molar-refractivity contribution is 0.102. The van der Waals surface area contributed by atoms with Crippen molar-refractivity contribution in [3.8, 4) is 5.75 Å². The number of halogens is 2. The zero-order chi connectivity index (χ0) is 18.2. The van der Waals surface area contributed by atoms with Crippen LogP contribution in [0.5, 0.6) is 5.75 Å². The fraction of sp³-hybridized carbons (Fsp3) is 0.316. The Kier molecular flexibility index (Phi) is 7.56. The highest BCUT2D eigenvalue weighted by molar-refractivity contribution is 6.37. The van der Waals surface area contributed by atoms with E-state index >= 15 is 0 Å². The number of benzene rings is 2. The van der Waals surface area contributed by atoms with Crippen LogP contribution in [0, 0.1) is 0 Å². The maximum absolute atomic E-state index is 12.5. The van der Waals surface area contributed by atoms with E-state index < -0.39 is 0 Å². The van der Waals surface area contributed by atoms with Crippen molar-refractivity contribution in [2.45, 2.75) is 13.8 Å². The molecular formula is C19H22Cl2N2O2. The van der Waals surface area contributed by atoms with Crippen LogP contribution in [-0.4, -0.2) is 37.0 Å². The van der Waals surface area contributed by atoms with Crippen LogP contribution in [0.1, 0.15) is 24.2 Å². The van der Waals surface area contributed by atoms with Crippen molar-refractivity contribution in [1.29, 1.82) is 0 Å². The number of ether oxygens (including phenoxy) is 1. The number of para-hydroxylation sites is 2. The third kappa shape index (κ3) is 5.63. The summed E-state index contributed by atoms with van der Waals surface area (Å²) in [4.78, 5) is 14.7. The topological polar surface area (TPSA) is 41.6 Å². The summed E-state index contributed by atoms with van der Waals surface area (Å²) < 4.78 is 5.85. The number of rotatable bonds is 8. The summed E-state index contributed by atoms with van der Waals surface area (Å²) in [6.45, 7) is 7.58. The summed E-state index contributed by atoms with van der Waals surface area (Å²) >= 11 is 12.0. The second-order valence-electron chi connectivity index (χ2n) is 5.45. The third-order valence-corrected chi connectivity index (χ3v) is 4.42. The van der Waals surface area contributed by atoms with Crippen molar-refractivity contribution >= 4 is 34.8 Å². The Labute approximate surface area is 158 Å². The molecule has 0 bridgehead atoms. The number of hydrogen-bond donors (Lipinski definition) is 1. The highest BCUT2D eigenvalue weighted by Crippen LogP contribution is 2.26. The number of likely N-dealkylation sites (N-methyl/N-ethyl adjacent to an activating group) is 1. The normalized spacial score (nSPS) is 10.8. The van der Waals surface area contributed by atoms with Crippen LogP contribution in [0.4, 0.5) is 5.69 Å². The zero-order valence-corrected chi connectivity index (χ0v) is 15.9. The van der Waals surface area contributed by atoms with E-state index in [4.69, 9.17) is 27.9 Å². The van der Waals surface area contributed by atoms with Crippen molar-refractivity contribution in [3.05, 3.63) is 58.1 Å². The molecule has 0 saturated carbocycles. The molecule has 2 aromatic rings. The molecule has 2 aromatic carbocycles. The summed E-state index contributed by atoms with van der Waals surface area (Å²) in [6.07, 6.45) is 0. The second kappa shape index (κ2) is 9.66. The molecule has 4 nitrogen and oxygen atoms in total. The van der Waals surface area contributed by atoms with E-state index in [2.05, 4.69) is 24.1 Å². The average molecular weight is 381 g/mol. The van der Waals surface area contributed by atoms with E-state index in [1.165, 1.54) is 0 Å². The molecule has 0 aromatic heterocycles. The predicted octanol–water partition coefficient (Wildman–Crippen LogP) is 4.97. The minimum atomic E-state index is -0.304. The number of amides is 1. The van der Waals surface area contributed by atoms with Crippen LogP contribution in [-0.2, 0) is 0 Å². The smallest absolute Gasteiger partial charge is 0.257 e. The van der Waals surface area contributed by atoms with Gasteiger partial charge in [-0.1, -0.05) is 49.2 Å². The molecule has 0 heterocycles. The fourth-order valence-corrected chi connectivity index (χ4v) is 2.88. The molecule has 2 rings (SSSR count). The van der Waals surface area contributed by atoms with Crippen molar-refractivity contribution in [2.75, 3.05) is 31.6 Å². The van der Waals surface area contributed by atoms with Gasteiger partial charge in [0.15, 0.2) is 0 Å². The molecule has 0 aliphatic heterocycles. The minimum Gasteiger partial charge on any atom is -0.490 e. The molecule has 0 unspecified atom stereocenters. The Balaban J connectivity index is 2.05. The first-order valence-electron chi connectivity index (χ1n) is 8.25. The van der Waals surface area contributed by atoms with Gasteiger partial charge in [0.05, 0.1) is 16.3 Å². The number of hydrogen-bond acceptors (Lipinski definition) is 3. The number of anilines is 1. The van der Waals surface area contributed by atoms with Crippen LogP contribution < -0.4 is 10.1 Å². The van der Waals surface area contributed by atoms with Gasteiger partial charge in [-0.25, -0.2) is 0 Å². The summed E-state index contributed by atoms with van der Waals surface area (Å²) in [5, 5.41) is 3.65. The van der Waals surface area contributed by atoms with Gasteiger partial charge in [0.25, 0.3) is 5.91 Å². The molecule has 1 N–H and O–H groups in total. The third-order valence-electron chi connectivity index (χ3n) is 3.87. The molecule has 0 fully saturated rings. The molecule has 1 amide bonds. The molecule has 25 heavy (non-hydrogen) atoms. The maximum atomic E-state index is 12.5. The summed E-state index contributed by atoms with van der Waals surface area (Å²) in [6, 6.07) is 12.1. The Hall–Kier alpha value is -1.75. The van der Waals surface area contributed by atoms with E-state index in [0.29, 0.717) is 33.7 Å². The monoisotopic (exact) mass is 380 g/mol. The maximum Gasteiger partial charge on any atom is 0.257 e. The predicted molar refractivity (Wildman–Crippen MR) is 104 cm³/mol. The van der Waals surface area contributed by atoms with Crippen LogP contribution in [0.15, 0.2) is 42.5 Å². The number of carbonyl (C=O) groups excluding carboxylic acids is 1. The Bertz CT molecular complexity index is 718. The van der Waals surface area contributed by atoms with Crippen molar-refractivity contribution < 1.29 is 9.53 Å². The highest BCUT2D eigenvalue weighted by atomic mass is 35.5. The van der Waals surface area contributed by atoms with E-state index in [9.17, 15) is 4.79 Å². The average Bonchev–Trinajstić information content (AvgIpc) is 2.60. The van der Waals surface area contributed by atoms with Gasteiger partial charge in [-0.05, 0) is 43.4 Å². The summed E-state index contributed by atoms with van der Waals surface area (Å²) in [7, 11) is 0. The number of nitrogens with one attached hydrogen (secondary N) is 1. The SMILES string of the molecule is CCN(CC)CCOc1ccccc1NC(=O)c1ccc(Cl)cc1Cl. The van der Waals surface area contributed by atoms with E-state index in [0.717, 1.165) is 19.6 Å². The first-order valence-corrected chi connectivity index (χ1v) is 9.01. The zero-order valence-electron chi connectivity index (χ0n) is 14.4. The van der Waals surface area contributed by atoms with E-state index in [1.54, 1.807) is 24.3 Å². The highest BCUT2D eigenvalue weighted by Gasteiger charge is 2.13. The van der Waals surface area contributed by atoms with Gasteiger partial charge in [-0.2, -0.15) is 0 Å². The minimum absolute atomic E-state index is 0.304. The lowest BCUT2D eigenvalue weighted by atomic mass is 10.2. The van der Waals surface area contributed by atoms with Crippen molar-refractivity contribution in [1.82, 2.24) is 4.90 Å². The Morgan fingerprint density at radius 3 is 2.52 bits per heavy atom. The largest absolute Gasteiger partial charge is 0.490 e. The lowest BCUT2D eigenvalue weighted by Crippen LogP contribution is -2.28. The molecule has 0 radical (unpaired) electrons. The molecule has 6 heteroatoms. The molecule has 0 spiro atoms. The van der Waals surface area contributed by atoms with Crippen molar-refractivity contribution in [3.63, 3.8) is 0 Å². The first-order chi connectivity index (χ1) is 12.0. The van der Waals surface area contributed by atoms with E-state index in [1.807, 2.05) is 18.2 Å². The van der Waals surface area contributed by atoms with Crippen LogP contribution in [0.25, 0.3) is 0 Å². The summed E-state index contributed by atoms with van der Waals surface area (Å²) in [5.41, 5.74) is 0.974. The first kappa shape index (κ1) is 19.6. The molecule has 0 atom stereocenters. The van der Waals surface area contributed by atoms with Gasteiger partial charge in [0, 0.05) is 11.6 Å². The molecule has 134 valence electrons. The molecular weight excluding hydrogens is 359 g/mol. The molecule has 0 saturated heterocycles. The quantitative estimate of drug-likeness (QED) is 0.702. The van der Waals surface area contributed by atoms with Gasteiger partial charge < -0.3 is 15.0 Å². The Morgan fingerprint density at radius 1 is 1.12 bits per heavy atom. The van der Waals surface area contributed by atoms with Crippen LogP contribution >= 0.6 is 23.2 Å². The van der Waals surface area contributed by atoms with Crippen LogP contribution in [0.3, 0.4) is 0 Å². The standard InChI is InChI=1S/C19H22Cl2N2O2/c1-3-23(4-2)11-12-25-18-8-6-5-7-17(18)22-19(24)15-10-9-14(20)13-16(15)21/h5-10,13H,3-4,11-12H2,1-2H3,(H,22,24). The van der Waals surface area contributed by atoms with Gasteiger partial charge in [-0.15, -0.1) is 0 Å². The van der Waals surface area contributed by atoms with Crippen molar-refractivity contribution in [2.24, 2.45) is 0 Å². The number of carbonyl (C=O) groups is 1. The van der Waals surface area contributed by atoms with E-state index in [-0.39, 0.29) is 5.91 Å². The lowest BCUT2D eigenvalue weighted by Gasteiger charge is -2.19.